The van der Waals surface area contributed by atoms with Gasteiger partial charge in [0.05, 0.1) is 6.07 Å². The van der Waals surface area contributed by atoms with E-state index in [2.05, 4.69) is 20.8 Å². The molecule has 2 fully saturated rings. The van der Waals surface area contributed by atoms with Crippen LogP contribution in [-0.4, -0.2) is 76.6 Å². The van der Waals surface area contributed by atoms with Crippen molar-refractivity contribution in [1.82, 2.24) is 19.8 Å². The van der Waals surface area contributed by atoms with Crippen molar-refractivity contribution >= 4 is 6.09 Å². The summed E-state index contributed by atoms with van der Waals surface area (Å²) in [5.41, 5.74) is 1.30. The number of halogens is 1. The summed E-state index contributed by atoms with van der Waals surface area (Å²) in [5, 5.41) is 9.08. The third-order valence-electron chi connectivity index (χ3n) is 6.64. The van der Waals surface area contributed by atoms with Crippen LogP contribution in [0.5, 0.6) is 17.5 Å². The minimum atomic E-state index is -0.934. The van der Waals surface area contributed by atoms with E-state index in [4.69, 9.17) is 25.7 Å². The summed E-state index contributed by atoms with van der Waals surface area (Å²) in [6.07, 6.45) is 10.9. The van der Waals surface area contributed by atoms with Gasteiger partial charge in [0.15, 0.2) is 11.6 Å². The molecule has 1 N–H and O–H groups in total. The lowest BCUT2D eigenvalue weighted by Gasteiger charge is -2.34. The number of amides is 1. The second kappa shape index (κ2) is 12.0. The van der Waals surface area contributed by atoms with E-state index in [0.29, 0.717) is 37.9 Å². The quantitative estimate of drug-likeness (QED) is 0.547. The first kappa shape index (κ1) is 25.7. The van der Waals surface area contributed by atoms with Crippen LogP contribution in [0.3, 0.4) is 0 Å². The molecule has 3 heterocycles. The maximum atomic E-state index is 15.0. The molecule has 0 aliphatic carbocycles. The average Bonchev–Trinajstić information content (AvgIpc) is 2.89. The van der Waals surface area contributed by atoms with E-state index in [-0.39, 0.29) is 29.8 Å². The molecule has 0 bridgehead atoms. The summed E-state index contributed by atoms with van der Waals surface area (Å²) in [4.78, 5) is 22.8. The molecule has 36 heavy (non-hydrogen) atoms. The zero-order valence-electron chi connectivity index (χ0n) is 20.4. The van der Waals surface area contributed by atoms with Gasteiger partial charge in [0.2, 0.25) is 11.8 Å². The number of terminal acetylenes is 1. The lowest BCUT2D eigenvalue weighted by Crippen LogP contribution is -2.41. The third kappa shape index (κ3) is 6.42. The zero-order valence-corrected chi connectivity index (χ0v) is 20.4. The van der Waals surface area contributed by atoms with Crippen molar-refractivity contribution in [2.24, 2.45) is 0 Å². The molecule has 10 heteroatoms. The molecule has 0 radical (unpaired) electrons. The van der Waals surface area contributed by atoms with Gasteiger partial charge in [-0.05, 0) is 43.4 Å². The number of ether oxygens (including phenoxy) is 3. The molecule has 2 aliphatic heterocycles. The highest BCUT2D eigenvalue weighted by Crippen LogP contribution is 2.29. The highest BCUT2D eigenvalue weighted by Gasteiger charge is 2.24. The largest absolute Gasteiger partial charge is 0.474 e. The third-order valence-corrected chi connectivity index (χ3v) is 6.64. The SMILES string of the molecule is C#Cc1cc(Oc2cc(OC3CCN(C(=O)O)CC3)ncn2)c(F)cc1CCN1CCCC[C@H]1OC. The van der Waals surface area contributed by atoms with E-state index in [9.17, 15) is 9.18 Å². The summed E-state index contributed by atoms with van der Waals surface area (Å²) in [5.74, 6) is 2.47. The highest BCUT2D eigenvalue weighted by atomic mass is 19.1. The van der Waals surface area contributed by atoms with E-state index in [1.165, 1.54) is 29.4 Å². The molecule has 2 saturated heterocycles. The molecule has 0 spiro atoms. The molecular weight excluding hydrogens is 467 g/mol. The first-order valence-electron chi connectivity index (χ1n) is 12.2. The van der Waals surface area contributed by atoms with Crippen molar-refractivity contribution < 1.29 is 28.5 Å². The molecule has 0 unspecified atom stereocenters. The minimum Gasteiger partial charge on any atom is -0.474 e. The number of likely N-dealkylation sites (tertiary alicyclic amines) is 2. The molecule has 9 nitrogen and oxygen atoms in total. The van der Waals surface area contributed by atoms with Gasteiger partial charge in [-0.15, -0.1) is 6.42 Å². The Morgan fingerprint density at radius 1 is 1.17 bits per heavy atom. The van der Waals surface area contributed by atoms with E-state index >= 15 is 0 Å². The molecule has 2 aromatic rings. The fourth-order valence-corrected chi connectivity index (χ4v) is 4.65. The number of carboxylic acid groups (broad SMARTS) is 1. The van der Waals surface area contributed by atoms with E-state index in [0.717, 1.165) is 37.9 Å². The number of benzene rings is 1. The zero-order chi connectivity index (χ0) is 25.5. The summed E-state index contributed by atoms with van der Waals surface area (Å²) in [6, 6.07) is 4.41. The monoisotopic (exact) mass is 498 g/mol. The highest BCUT2D eigenvalue weighted by molar-refractivity contribution is 5.65. The molecule has 4 rings (SSSR count). The predicted octanol–water partition coefficient (Wildman–Crippen LogP) is 3.91. The topological polar surface area (TPSA) is 97.2 Å². The molecule has 1 aromatic carbocycles. The summed E-state index contributed by atoms with van der Waals surface area (Å²) in [6.45, 7) is 2.46. The van der Waals surface area contributed by atoms with Gasteiger partial charge in [0.1, 0.15) is 18.7 Å². The van der Waals surface area contributed by atoms with Crippen LogP contribution in [0, 0.1) is 18.2 Å². The maximum Gasteiger partial charge on any atom is 0.407 e. The molecule has 1 atom stereocenters. The van der Waals surface area contributed by atoms with Crippen LogP contribution in [0.2, 0.25) is 0 Å². The van der Waals surface area contributed by atoms with Crippen molar-refractivity contribution in [3.05, 3.63) is 41.5 Å². The van der Waals surface area contributed by atoms with Crippen LogP contribution < -0.4 is 9.47 Å². The molecule has 192 valence electrons. The molecule has 1 amide bonds. The van der Waals surface area contributed by atoms with Crippen LogP contribution in [0.15, 0.2) is 24.5 Å². The number of aromatic nitrogens is 2. The van der Waals surface area contributed by atoms with Gasteiger partial charge in [-0.2, -0.15) is 0 Å². The summed E-state index contributed by atoms with van der Waals surface area (Å²) >= 11 is 0. The Balaban J connectivity index is 1.40. The van der Waals surface area contributed by atoms with Crippen LogP contribution in [0.25, 0.3) is 0 Å². The maximum absolute atomic E-state index is 15.0. The van der Waals surface area contributed by atoms with Gasteiger partial charge in [0, 0.05) is 51.7 Å². The molecule has 1 aromatic heterocycles. The first-order chi connectivity index (χ1) is 17.5. The number of carbonyl (C=O) groups is 1. The lowest BCUT2D eigenvalue weighted by molar-refractivity contribution is -0.0545. The van der Waals surface area contributed by atoms with E-state index in [1.54, 1.807) is 7.11 Å². The molecule has 0 saturated carbocycles. The van der Waals surface area contributed by atoms with Gasteiger partial charge in [-0.25, -0.2) is 19.2 Å². The van der Waals surface area contributed by atoms with Crippen molar-refractivity contribution in [3.8, 4) is 29.9 Å². The van der Waals surface area contributed by atoms with Gasteiger partial charge >= 0.3 is 6.09 Å². The predicted molar refractivity (Wildman–Crippen MR) is 130 cm³/mol. The second-order valence-electron chi connectivity index (χ2n) is 8.94. The number of hydrogen-bond acceptors (Lipinski definition) is 7. The van der Waals surface area contributed by atoms with Gasteiger partial charge < -0.3 is 24.2 Å². The van der Waals surface area contributed by atoms with E-state index in [1.807, 2.05) is 0 Å². The minimum absolute atomic E-state index is 0.0288. The van der Waals surface area contributed by atoms with E-state index < -0.39 is 11.9 Å². The van der Waals surface area contributed by atoms with Crippen molar-refractivity contribution in [3.63, 3.8) is 0 Å². The van der Waals surface area contributed by atoms with Crippen LogP contribution in [-0.2, 0) is 11.2 Å². The Bertz CT molecular complexity index is 1100. The summed E-state index contributed by atoms with van der Waals surface area (Å²) < 4.78 is 32.1. The van der Waals surface area contributed by atoms with Gasteiger partial charge in [-0.1, -0.05) is 5.92 Å². The van der Waals surface area contributed by atoms with Gasteiger partial charge in [0.25, 0.3) is 0 Å². The molecule has 2 aliphatic rings. The number of piperidine rings is 2. The number of hydrogen-bond donors (Lipinski definition) is 1. The fourth-order valence-electron chi connectivity index (χ4n) is 4.65. The number of methoxy groups -OCH3 is 1. The number of nitrogens with zero attached hydrogens (tertiary/aromatic N) is 4. The fraction of sp³-hybridized carbons (Fsp3) is 0.500. The Hall–Kier alpha value is -3.42. The van der Waals surface area contributed by atoms with Crippen LogP contribution in [0.4, 0.5) is 9.18 Å². The first-order valence-corrected chi connectivity index (χ1v) is 12.2. The Kier molecular flexibility index (Phi) is 8.57. The smallest absolute Gasteiger partial charge is 0.407 e. The standard InChI is InChI=1S/C26H31FN4O5/c1-3-18-15-22(21(27)14-19(18)7-11-30-10-5-4-6-25(30)34-2)36-24-16-23(28-17-29-24)35-20-8-12-31(13-9-20)26(32)33/h1,14-17,20,25H,4-13H2,2H3,(H,32,33)/t25-/m1/s1. The Morgan fingerprint density at radius 3 is 2.67 bits per heavy atom. The lowest BCUT2D eigenvalue weighted by atomic mass is 10.0. The second-order valence-corrected chi connectivity index (χ2v) is 8.94. The van der Waals surface area contributed by atoms with Crippen LogP contribution in [0.1, 0.15) is 43.2 Å². The van der Waals surface area contributed by atoms with Gasteiger partial charge in [-0.3, -0.25) is 4.90 Å². The number of rotatable bonds is 8. The Morgan fingerprint density at radius 2 is 1.94 bits per heavy atom. The average molecular weight is 499 g/mol. The normalized spacial score (nSPS) is 19.0. The molecular formula is C26H31FN4O5. The van der Waals surface area contributed by atoms with Crippen molar-refractivity contribution in [2.75, 3.05) is 33.3 Å². The van der Waals surface area contributed by atoms with Crippen molar-refractivity contribution in [2.45, 2.75) is 50.9 Å². The Labute approximate surface area is 210 Å². The van der Waals surface area contributed by atoms with Crippen LogP contribution >= 0.6 is 0 Å². The van der Waals surface area contributed by atoms with Crippen molar-refractivity contribution in [1.29, 1.82) is 0 Å². The summed E-state index contributed by atoms with van der Waals surface area (Å²) in [7, 11) is 1.72.